The van der Waals surface area contributed by atoms with Crippen molar-refractivity contribution in [2.45, 2.75) is 6.42 Å². The van der Waals surface area contributed by atoms with Crippen LogP contribution in [0.25, 0.3) is 0 Å². The zero-order valence-corrected chi connectivity index (χ0v) is 4.91. The molecule has 46 valence electrons. The van der Waals surface area contributed by atoms with Crippen molar-refractivity contribution in [3.63, 3.8) is 0 Å². The zero-order valence-electron chi connectivity index (χ0n) is 4.91. The van der Waals surface area contributed by atoms with Gasteiger partial charge in [0.15, 0.2) is 0 Å². The fourth-order valence-corrected chi connectivity index (χ4v) is 0.577. The molecule has 4 heteroatoms. The highest BCUT2D eigenvalue weighted by molar-refractivity contribution is 5.57. The van der Waals surface area contributed by atoms with E-state index in [4.69, 9.17) is 5.84 Å². The second-order valence-corrected chi connectivity index (χ2v) is 1.74. The number of hydrazone groups is 1. The zero-order chi connectivity index (χ0) is 5.98. The summed E-state index contributed by atoms with van der Waals surface area (Å²) in [5.41, 5.74) is 0. The van der Waals surface area contributed by atoms with Gasteiger partial charge in [0.2, 0.25) is 0 Å². The summed E-state index contributed by atoms with van der Waals surface area (Å²) in [4.78, 5) is 0. The molecule has 1 rings (SSSR count). The van der Waals surface area contributed by atoms with E-state index in [0.29, 0.717) is 0 Å². The minimum atomic E-state index is 0.861. The van der Waals surface area contributed by atoms with Crippen molar-refractivity contribution in [1.82, 2.24) is 10.2 Å². The molecule has 2 N–H and O–H groups in total. The molecular formula is C4H10N4. The molecule has 1 aliphatic heterocycles. The lowest BCUT2D eigenvalue weighted by atomic mass is 10.4. The highest BCUT2D eigenvalue weighted by atomic mass is 15.9. The highest BCUT2D eigenvalue weighted by Crippen LogP contribution is 1.94. The summed E-state index contributed by atoms with van der Waals surface area (Å²) in [6.45, 7) is 0.861. The fraction of sp³-hybridized carbons (Fsp3) is 0.750. The normalized spacial score (nSPS) is 22.0. The van der Waals surface area contributed by atoms with Gasteiger partial charge in [-0.1, -0.05) is 0 Å². The van der Waals surface area contributed by atoms with Gasteiger partial charge in [-0.05, 0) is 0 Å². The summed E-state index contributed by atoms with van der Waals surface area (Å²) in [6, 6.07) is 0. The Bertz CT molecular complexity index is 100. The molecule has 0 aromatic heterocycles. The van der Waals surface area contributed by atoms with Crippen LogP contribution < -0.4 is 5.84 Å². The molecule has 0 saturated carbocycles. The summed E-state index contributed by atoms with van der Waals surface area (Å²) in [5.74, 6) is 5.42. The molecular weight excluding hydrogens is 104 g/mol. The first-order chi connectivity index (χ1) is 3.80. The molecule has 0 aliphatic carbocycles. The van der Waals surface area contributed by atoms with Gasteiger partial charge in [-0.3, -0.25) is 0 Å². The lowest BCUT2D eigenvalue weighted by Gasteiger charge is -2.26. The number of nitrogens with two attached hydrogens (primary N) is 1. The van der Waals surface area contributed by atoms with Crippen LogP contribution >= 0.6 is 0 Å². The van der Waals surface area contributed by atoms with Crippen LogP contribution in [0.2, 0.25) is 0 Å². The van der Waals surface area contributed by atoms with Gasteiger partial charge in [0.05, 0.1) is 0 Å². The largest absolute Gasteiger partial charge is 0.249 e. The maximum absolute atomic E-state index is 5.42. The van der Waals surface area contributed by atoms with Gasteiger partial charge >= 0.3 is 0 Å². The van der Waals surface area contributed by atoms with E-state index in [2.05, 4.69) is 5.10 Å². The molecule has 0 aromatic carbocycles. The Morgan fingerprint density at radius 1 is 1.75 bits per heavy atom. The Labute approximate surface area is 48.5 Å². The van der Waals surface area contributed by atoms with E-state index in [1.165, 1.54) is 0 Å². The SMILES string of the molecule is CN1N=CCCN1N. The molecule has 8 heavy (non-hydrogen) atoms. The van der Waals surface area contributed by atoms with E-state index in [9.17, 15) is 0 Å². The number of hydrogen-bond acceptors (Lipinski definition) is 4. The maximum atomic E-state index is 5.42. The number of nitrogens with zero attached hydrogens (tertiary/aromatic N) is 3. The Balaban J connectivity index is 2.47. The van der Waals surface area contributed by atoms with Crippen LogP contribution in [0.3, 0.4) is 0 Å². The van der Waals surface area contributed by atoms with Gasteiger partial charge < -0.3 is 0 Å². The van der Waals surface area contributed by atoms with Crippen molar-refractivity contribution in [3.8, 4) is 0 Å². The van der Waals surface area contributed by atoms with Gasteiger partial charge in [-0.25, -0.2) is 11.0 Å². The van der Waals surface area contributed by atoms with Crippen molar-refractivity contribution in [2.75, 3.05) is 13.6 Å². The summed E-state index contributed by atoms with van der Waals surface area (Å²) in [6.07, 6.45) is 2.80. The average Bonchev–Trinajstić information content (AvgIpc) is 1.77. The molecule has 0 unspecified atom stereocenters. The number of hydrogen-bond donors (Lipinski definition) is 1. The fourth-order valence-electron chi connectivity index (χ4n) is 0.577. The van der Waals surface area contributed by atoms with E-state index in [-0.39, 0.29) is 0 Å². The minimum Gasteiger partial charge on any atom is -0.249 e. The molecule has 0 aromatic rings. The Hall–Kier alpha value is -0.610. The van der Waals surface area contributed by atoms with Crippen molar-refractivity contribution in [2.24, 2.45) is 10.9 Å². The third kappa shape index (κ3) is 0.962. The number of rotatable bonds is 0. The molecule has 0 amide bonds. The second-order valence-electron chi connectivity index (χ2n) is 1.74. The molecule has 4 nitrogen and oxygen atoms in total. The van der Waals surface area contributed by atoms with Crippen LogP contribution in [-0.2, 0) is 0 Å². The predicted octanol–water partition coefficient (Wildman–Crippen LogP) is -0.602. The summed E-state index contributed by atoms with van der Waals surface area (Å²) in [5, 5.41) is 7.10. The summed E-state index contributed by atoms with van der Waals surface area (Å²) >= 11 is 0. The highest BCUT2D eigenvalue weighted by Gasteiger charge is 2.04. The second kappa shape index (κ2) is 2.11. The van der Waals surface area contributed by atoms with Crippen molar-refractivity contribution < 1.29 is 0 Å². The van der Waals surface area contributed by atoms with Gasteiger partial charge in [-0.15, -0.1) is 5.12 Å². The third-order valence-corrected chi connectivity index (χ3v) is 1.11. The van der Waals surface area contributed by atoms with Gasteiger partial charge in [0.25, 0.3) is 0 Å². The third-order valence-electron chi connectivity index (χ3n) is 1.11. The molecule has 0 fully saturated rings. The smallest absolute Gasteiger partial charge is 0.0438 e. The van der Waals surface area contributed by atoms with Crippen LogP contribution in [0.1, 0.15) is 6.42 Å². The van der Waals surface area contributed by atoms with Crippen LogP contribution in [0.5, 0.6) is 0 Å². The van der Waals surface area contributed by atoms with E-state index in [0.717, 1.165) is 13.0 Å². The Kier molecular flexibility index (Phi) is 1.45. The molecule has 0 saturated heterocycles. The van der Waals surface area contributed by atoms with Gasteiger partial charge in [0, 0.05) is 26.2 Å². The molecule has 0 radical (unpaired) electrons. The van der Waals surface area contributed by atoms with Crippen molar-refractivity contribution >= 4 is 6.21 Å². The monoisotopic (exact) mass is 114 g/mol. The predicted molar refractivity (Wildman–Crippen MR) is 31.8 cm³/mol. The molecule has 0 spiro atoms. The first kappa shape index (κ1) is 5.53. The molecule has 1 aliphatic rings. The summed E-state index contributed by atoms with van der Waals surface area (Å²) in [7, 11) is 1.82. The van der Waals surface area contributed by atoms with Crippen molar-refractivity contribution in [3.05, 3.63) is 0 Å². The first-order valence-corrected chi connectivity index (χ1v) is 2.59. The topological polar surface area (TPSA) is 44.9 Å². The van der Waals surface area contributed by atoms with Gasteiger partial charge in [-0.2, -0.15) is 5.10 Å². The summed E-state index contributed by atoms with van der Waals surface area (Å²) < 4.78 is 0. The minimum absolute atomic E-state index is 0.861. The standard InChI is InChI=1S/C4H10N4/c1-7-6-3-2-4-8(7)5/h3H,2,4-5H2,1H3. The van der Waals surface area contributed by atoms with Crippen LogP contribution in [-0.4, -0.2) is 30.0 Å². The Morgan fingerprint density at radius 3 is 2.88 bits per heavy atom. The molecule has 0 bridgehead atoms. The molecule has 0 atom stereocenters. The average molecular weight is 114 g/mol. The number of hydrazine groups is 2. The lowest BCUT2D eigenvalue weighted by Crippen LogP contribution is -2.44. The molecule has 1 heterocycles. The van der Waals surface area contributed by atoms with E-state index >= 15 is 0 Å². The quantitative estimate of drug-likeness (QED) is 0.428. The van der Waals surface area contributed by atoms with E-state index in [1.807, 2.05) is 13.3 Å². The van der Waals surface area contributed by atoms with Crippen LogP contribution in [0.15, 0.2) is 5.10 Å². The van der Waals surface area contributed by atoms with Crippen LogP contribution in [0.4, 0.5) is 0 Å². The van der Waals surface area contributed by atoms with E-state index in [1.54, 1.807) is 10.2 Å². The van der Waals surface area contributed by atoms with Crippen LogP contribution in [0, 0.1) is 0 Å². The lowest BCUT2D eigenvalue weighted by molar-refractivity contribution is -0.00422. The Morgan fingerprint density at radius 2 is 2.50 bits per heavy atom. The first-order valence-electron chi connectivity index (χ1n) is 2.59. The van der Waals surface area contributed by atoms with Crippen molar-refractivity contribution in [1.29, 1.82) is 0 Å². The van der Waals surface area contributed by atoms with E-state index < -0.39 is 0 Å². The van der Waals surface area contributed by atoms with Gasteiger partial charge in [0.1, 0.15) is 0 Å². The maximum Gasteiger partial charge on any atom is 0.0438 e.